The Labute approximate surface area is 76.1 Å². The van der Waals surface area contributed by atoms with Gasteiger partial charge in [-0.25, -0.2) is 0 Å². The van der Waals surface area contributed by atoms with E-state index in [1.807, 2.05) is 0 Å². The highest BCUT2D eigenvalue weighted by Crippen LogP contribution is 2.27. The molecule has 0 saturated carbocycles. The molecule has 0 aromatic carbocycles. The quantitative estimate of drug-likeness (QED) is 0.403. The molecular formula is C7H13N3O3. The fourth-order valence-electron chi connectivity index (χ4n) is 1.34. The van der Waals surface area contributed by atoms with Crippen LogP contribution in [0.2, 0.25) is 0 Å². The van der Waals surface area contributed by atoms with Crippen LogP contribution in [0.1, 0.15) is 13.8 Å². The highest BCUT2D eigenvalue weighted by molar-refractivity contribution is 4.82. The summed E-state index contributed by atoms with van der Waals surface area (Å²) in [7, 11) is 0. The van der Waals surface area contributed by atoms with Crippen LogP contribution in [0.5, 0.6) is 0 Å². The first kappa shape index (κ1) is 10.3. The largest absolute Gasteiger partial charge is 0.394 e. The SMILES string of the molecule is CC1(C)OC(CO)C(CN=[N+]=[N-])O1. The van der Waals surface area contributed by atoms with Gasteiger partial charge in [0.05, 0.1) is 19.3 Å². The van der Waals surface area contributed by atoms with E-state index in [1.54, 1.807) is 13.8 Å². The minimum Gasteiger partial charge on any atom is -0.394 e. The summed E-state index contributed by atoms with van der Waals surface area (Å²) >= 11 is 0. The zero-order valence-corrected chi connectivity index (χ0v) is 7.67. The first-order valence-corrected chi connectivity index (χ1v) is 4.06. The molecule has 0 aromatic rings. The molecular weight excluding hydrogens is 174 g/mol. The molecule has 1 rings (SSSR count). The van der Waals surface area contributed by atoms with Crippen molar-refractivity contribution in [3.63, 3.8) is 0 Å². The lowest BCUT2D eigenvalue weighted by atomic mass is 10.2. The summed E-state index contributed by atoms with van der Waals surface area (Å²) < 4.78 is 10.8. The second-order valence-electron chi connectivity index (χ2n) is 3.31. The summed E-state index contributed by atoms with van der Waals surface area (Å²) in [6.45, 7) is 3.57. The fraction of sp³-hybridized carbons (Fsp3) is 1.00. The second-order valence-corrected chi connectivity index (χ2v) is 3.31. The molecule has 1 N–H and O–H groups in total. The van der Waals surface area contributed by atoms with Crippen molar-refractivity contribution in [1.82, 2.24) is 0 Å². The van der Waals surface area contributed by atoms with E-state index in [2.05, 4.69) is 10.0 Å². The van der Waals surface area contributed by atoms with E-state index >= 15 is 0 Å². The first-order valence-electron chi connectivity index (χ1n) is 4.06. The molecule has 1 saturated heterocycles. The Morgan fingerprint density at radius 2 is 2.08 bits per heavy atom. The number of aliphatic hydroxyl groups is 1. The number of hydrogen-bond donors (Lipinski definition) is 1. The Bertz CT molecular complexity index is 225. The standard InChI is InChI=1S/C7H13N3O3/c1-7(2)12-5(3-9-10-8)6(4-11)13-7/h5-6,11H,3-4H2,1-2H3. The number of ether oxygens (including phenoxy) is 2. The third kappa shape index (κ3) is 2.57. The van der Waals surface area contributed by atoms with Crippen molar-refractivity contribution >= 4 is 0 Å². The van der Waals surface area contributed by atoms with Gasteiger partial charge in [-0.1, -0.05) is 5.11 Å². The Morgan fingerprint density at radius 3 is 2.62 bits per heavy atom. The average Bonchev–Trinajstić information content (AvgIpc) is 2.37. The highest BCUT2D eigenvalue weighted by Gasteiger charge is 2.40. The molecule has 1 fully saturated rings. The van der Waals surface area contributed by atoms with Crippen molar-refractivity contribution in [2.24, 2.45) is 5.11 Å². The van der Waals surface area contributed by atoms with E-state index in [1.165, 1.54) is 0 Å². The lowest BCUT2D eigenvalue weighted by Gasteiger charge is -2.16. The second kappa shape index (κ2) is 3.93. The molecule has 0 amide bonds. The number of hydrogen-bond acceptors (Lipinski definition) is 4. The first-order chi connectivity index (χ1) is 6.09. The summed E-state index contributed by atoms with van der Waals surface area (Å²) in [5.74, 6) is -0.705. The van der Waals surface area contributed by atoms with Crippen molar-refractivity contribution in [2.75, 3.05) is 13.2 Å². The minimum absolute atomic E-state index is 0.130. The van der Waals surface area contributed by atoms with E-state index in [9.17, 15) is 0 Å². The maximum atomic E-state index is 8.93. The molecule has 1 heterocycles. The molecule has 0 aliphatic carbocycles. The van der Waals surface area contributed by atoms with Crippen LogP contribution in [0.25, 0.3) is 10.4 Å². The van der Waals surface area contributed by atoms with Crippen LogP contribution in [-0.2, 0) is 9.47 Å². The van der Waals surface area contributed by atoms with Gasteiger partial charge in [-0.05, 0) is 19.4 Å². The highest BCUT2D eigenvalue weighted by atomic mass is 16.8. The van der Waals surface area contributed by atoms with Gasteiger partial charge in [-0.2, -0.15) is 0 Å². The summed E-state index contributed by atoms with van der Waals surface area (Å²) in [5.41, 5.74) is 8.12. The van der Waals surface area contributed by atoms with Crippen LogP contribution >= 0.6 is 0 Å². The van der Waals surface area contributed by atoms with Crippen molar-refractivity contribution in [3.8, 4) is 0 Å². The number of rotatable bonds is 3. The van der Waals surface area contributed by atoms with Gasteiger partial charge < -0.3 is 14.6 Å². The smallest absolute Gasteiger partial charge is 0.163 e. The van der Waals surface area contributed by atoms with Gasteiger partial charge in [-0.15, -0.1) is 0 Å². The Balaban J connectivity index is 2.57. The molecule has 0 aromatic heterocycles. The summed E-state index contributed by atoms with van der Waals surface area (Å²) in [6, 6.07) is 0. The molecule has 6 heteroatoms. The molecule has 1 aliphatic heterocycles. The number of aliphatic hydroxyl groups excluding tert-OH is 1. The average molecular weight is 187 g/mol. The van der Waals surface area contributed by atoms with E-state index in [0.29, 0.717) is 0 Å². The van der Waals surface area contributed by atoms with E-state index in [4.69, 9.17) is 20.1 Å². The summed E-state index contributed by atoms with van der Waals surface area (Å²) in [5, 5.41) is 12.3. The van der Waals surface area contributed by atoms with Crippen LogP contribution in [-0.4, -0.2) is 36.3 Å². The van der Waals surface area contributed by atoms with Crippen LogP contribution in [0.4, 0.5) is 0 Å². The Kier molecular flexibility index (Phi) is 3.11. The minimum atomic E-state index is -0.705. The summed E-state index contributed by atoms with van der Waals surface area (Å²) in [6.07, 6.45) is -0.753. The van der Waals surface area contributed by atoms with Gasteiger partial charge in [-0.3, -0.25) is 0 Å². The predicted molar refractivity (Wildman–Crippen MR) is 44.9 cm³/mol. The zero-order valence-electron chi connectivity index (χ0n) is 7.67. The molecule has 1 aliphatic rings. The van der Waals surface area contributed by atoms with E-state index < -0.39 is 11.9 Å². The van der Waals surface area contributed by atoms with Gasteiger partial charge in [0.15, 0.2) is 5.79 Å². The van der Waals surface area contributed by atoms with Crippen LogP contribution in [0, 0.1) is 0 Å². The Hall–Kier alpha value is -0.810. The maximum absolute atomic E-state index is 8.93. The topological polar surface area (TPSA) is 87.5 Å². The van der Waals surface area contributed by atoms with Crippen LogP contribution in [0.15, 0.2) is 5.11 Å². The molecule has 2 unspecified atom stereocenters. The third-order valence-electron chi connectivity index (χ3n) is 1.79. The van der Waals surface area contributed by atoms with Crippen molar-refractivity contribution in [2.45, 2.75) is 31.8 Å². The molecule has 6 nitrogen and oxygen atoms in total. The van der Waals surface area contributed by atoms with Crippen molar-refractivity contribution in [1.29, 1.82) is 0 Å². The molecule has 13 heavy (non-hydrogen) atoms. The number of nitrogens with zero attached hydrogens (tertiary/aromatic N) is 3. The maximum Gasteiger partial charge on any atom is 0.163 e. The Morgan fingerprint density at radius 1 is 1.46 bits per heavy atom. The molecule has 0 spiro atoms. The van der Waals surface area contributed by atoms with Crippen molar-refractivity contribution < 1.29 is 14.6 Å². The number of azide groups is 1. The monoisotopic (exact) mass is 187 g/mol. The van der Waals surface area contributed by atoms with Gasteiger partial charge in [0, 0.05) is 4.91 Å². The molecule has 74 valence electrons. The third-order valence-corrected chi connectivity index (χ3v) is 1.79. The van der Waals surface area contributed by atoms with Gasteiger partial charge >= 0.3 is 0 Å². The fourth-order valence-corrected chi connectivity index (χ4v) is 1.34. The molecule has 2 atom stereocenters. The normalized spacial score (nSPS) is 31.3. The van der Waals surface area contributed by atoms with E-state index in [0.717, 1.165) is 0 Å². The lowest BCUT2D eigenvalue weighted by molar-refractivity contribution is -0.148. The summed E-state index contributed by atoms with van der Waals surface area (Å²) in [4.78, 5) is 2.62. The molecule has 0 radical (unpaired) electrons. The molecule has 0 bridgehead atoms. The van der Waals surface area contributed by atoms with Crippen LogP contribution in [0.3, 0.4) is 0 Å². The zero-order chi connectivity index (χ0) is 9.90. The van der Waals surface area contributed by atoms with Crippen molar-refractivity contribution in [3.05, 3.63) is 10.4 Å². The predicted octanol–water partition coefficient (Wildman–Crippen LogP) is 0.809. The van der Waals surface area contributed by atoms with Gasteiger partial charge in [0.25, 0.3) is 0 Å². The van der Waals surface area contributed by atoms with Crippen LogP contribution < -0.4 is 0 Å². The van der Waals surface area contributed by atoms with Gasteiger partial charge in [0.2, 0.25) is 0 Å². The van der Waals surface area contributed by atoms with E-state index in [-0.39, 0.29) is 19.3 Å². The lowest BCUT2D eigenvalue weighted by Crippen LogP contribution is -2.28. The van der Waals surface area contributed by atoms with Gasteiger partial charge in [0.1, 0.15) is 6.10 Å².